The monoisotopic (exact) mass is 331 g/mol. The lowest BCUT2D eigenvalue weighted by molar-refractivity contribution is -0.384. The molecule has 1 amide bonds. The third kappa shape index (κ3) is 4.77. The largest absolute Gasteiger partial charge is 0.379 e. The van der Waals surface area contributed by atoms with E-state index >= 15 is 0 Å². The van der Waals surface area contributed by atoms with E-state index in [4.69, 9.17) is 0 Å². The maximum Gasteiger partial charge on any atom is 0.292 e. The maximum atomic E-state index is 13.6. The van der Waals surface area contributed by atoms with Crippen LogP contribution < -0.4 is 10.6 Å². The van der Waals surface area contributed by atoms with Crippen molar-refractivity contribution in [1.29, 1.82) is 0 Å². The Balaban J connectivity index is 1.81. The Morgan fingerprint density at radius 3 is 2.71 bits per heavy atom. The number of aryl methyl sites for hydroxylation is 1. The van der Waals surface area contributed by atoms with Crippen LogP contribution in [-0.4, -0.2) is 17.4 Å². The fraction of sp³-hybridized carbons (Fsp3) is 0.235. The zero-order valence-corrected chi connectivity index (χ0v) is 13.2. The quantitative estimate of drug-likeness (QED) is 0.458. The molecule has 0 saturated heterocycles. The Kier molecular flexibility index (Phi) is 5.83. The predicted molar refractivity (Wildman–Crippen MR) is 90.6 cm³/mol. The molecule has 2 rings (SSSR count). The number of para-hydroxylation sites is 2. The summed E-state index contributed by atoms with van der Waals surface area (Å²) in [5.41, 5.74) is 1.41. The molecule has 2 N–H and O–H groups in total. The van der Waals surface area contributed by atoms with E-state index < -0.39 is 10.7 Å². The molecule has 7 heteroatoms. The minimum atomic E-state index is -0.480. The van der Waals surface area contributed by atoms with Gasteiger partial charge in [-0.1, -0.05) is 18.2 Å². The molecule has 0 unspecified atom stereocenters. The smallest absolute Gasteiger partial charge is 0.292 e. The van der Waals surface area contributed by atoms with Gasteiger partial charge in [0, 0.05) is 19.0 Å². The molecule has 0 atom stereocenters. The molecular formula is C17H18FN3O3. The number of rotatable bonds is 7. The molecule has 2 aromatic carbocycles. The topological polar surface area (TPSA) is 84.3 Å². The number of nitrogens with zero attached hydrogens (tertiary/aromatic N) is 1. The van der Waals surface area contributed by atoms with Crippen LogP contribution in [0, 0.1) is 22.9 Å². The highest BCUT2D eigenvalue weighted by atomic mass is 19.1. The summed E-state index contributed by atoms with van der Waals surface area (Å²) in [6.45, 7) is 2.21. The van der Waals surface area contributed by atoms with Crippen molar-refractivity contribution in [3.8, 4) is 0 Å². The van der Waals surface area contributed by atoms with Gasteiger partial charge in [0.25, 0.3) is 5.69 Å². The van der Waals surface area contributed by atoms with Crippen LogP contribution in [-0.2, 0) is 4.79 Å². The summed E-state index contributed by atoms with van der Waals surface area (Å²) in [5, 5.41) is 16.4. The Morgan fingerprint density at radius 2 is 1.96 bits per heavy atom. The number of halogens is 1. The maximum absolute atomic E-state index is 13.6. The fourth-order valence-electron chi connectivity index (χ4n) is 2.20. The first-order valence-corrected chi connectivity index (χ1v) is 7.50. The average molecular weight is 331 g/mol. The second-order valence-corrected chi connectivity index (χ2v) is 5.34. The van der Waals surface area contributed by atoms with E-state index in [1.165, 1.54) is 12.1 Å². The van der Waals surface area contributed by atoms with E-state index in [1.54, 1.807) is 30.3 Å². The summed E-state index contributed by atoms with van der Waals surface area (Å²) in [6, 6.07) is 10.8. The zero-order chi connectivity index (χ0) is 17.5. The minimum Gasteiger partial charge on any atom is -0.379 e. The number of carbonyl (C=O) groups is 1. The first kappa shape index (κ1) is 17.4. The van der Waals surface area contributed by atoms with Crippen molar-refractivity contribution in [2.75, 3.05) is 17.2 Å². The summed E-state index contributed by atoms with van der Waals surface area (Å²) in [7, 11) is 0. The summed E-state index contributed by atoms with van der Waals surface area (Å²) in [6.07, 6.45) is 0.645. The third-order valence-electron chi connectivity index (χ3n) is 3.39. The van der Waals surface area contributed by atoms with Crippen molar-refractivity contribution in [2.24, 2.45) is 0 Å². The van der Waals surface area contributed by atoms with Gasteiger partial charge in [-0.3, -0.25) is 14.9 Å². The molecule has 0 aromatic heterocycles. The molecule has 0 aliphatic carbocycles. The van der Waals surface area contributed by atoms with Gasteiger partial charge in [0.2, 0.25) is 5.91 Å². The van der Waals surface area contributed by atoms with Gasteiger partial charge in [-0.25, -0.2) is 4.39 Å². The van der Waals surface area contributed by atoms with Gasteiger partial charge in [-0.15, -0.1) is 0 Å². The molecule has 0 heterocycles. The summed E-state index contributed by atoms with van der Waals surface area (Å²) < 4.78 is 13.6. The number of nitro groups is 1. The number of nitro benzene ring substituents is 1. The van der Waals surface area contributed by atoms with E-state index in [1.807, 2.05) is 6.92 Å². The van der Waals surface area contributed by atoms with Crippen LogP contribution in [0.2, 0.25) is 0 Å². The predicted octanol–water partition coefficient (Wildman–Crippen LogP) is 3.87. The van der Waals surface area contributed by atoms with Crippen LogP contribution in [0.15, 0.2) is 42.5 Å². The van der Waals surface area contributed by atoms with Crippen LogP contribution in [0.3, 0.4) is 0 Å². The number of benzene rings is 2. The molecule has 24 heavy (non-hydrogen) atoms. The van der Waals surface area contributed by atoms with Crippen LogP contribution >= 0.6 is 0 Å². The van der Waals surface area contributed by atoms with Crippen molar-refractivity contribution < 1.29 is 14.1 Å². The number of hydrogen-bond donors (Lipinski definition) is 2. The van der Waals surface area contributed by atoms with Crippen LogP contribution in [0.5, 0.6) is 0 Å². The summed E-state index contributed by atoms with van der Waals surface area (Å²) in [5.74, 6) is -0.782. The van der Waals surface area contributed by atoms with Gasteiger partial charge in [0.15, 0.2) is 0 Å². The highest BCUT2D eigenvalue weighted by Gasteiger charge is 2.12. The second kappa shape index (κ2) is 8.05. The van der Waals surface area contributed by atoms with Crippen molar-refractivity contribution in [3.05, 3.63) is 64.0 Å². The number of amides is 1. The number of nitrogens with one attached hydrogen (secondary N) is 2. The van der Waals surface area contributed by atoms with Crippen molar-refractivity contribution >= 4 is 23.0 Å². The van der Waals surface area contributed by atoms with Crippen molar-refractivity contribution in [3.63, 3.8) is 0 Å². The molecule has 0 aliphatic rings. The molecule has 0 radical (unpaired) electrons. The average Bonchev–Trinajstić information content (AvgIpc) is 2.55. The van der Waals surface area contributed by atoms with E-state index in [0.29, 0.717) is 18.7 Å². The zero-order valence-electron chi connectivity index (χ0n) is 13.2. The Bertz CT molecular complexity index is 750. The van der Waals surface area contributed by atoms with Gasteiger partial charge in [-0.05, 0) is 37.1 Å². The van der Waals surface area contributed by atoms with E-state index in [9.17, 15) is 19.3 Å². The van der Waals surface area contributed by atoms with E-state index in [0.717, 1.165) is 5.56 Å². The number of anilines is 2. The van der Waals surface area contributed by atoms with Crippen LogP contribution in [0.4, 0.5) is 21.5 Å². The van der Waals surface area contributed by atoms with Gasteiger partial charge in [0.05, 0.1) is 10.6 Å². The lowest BCUT2D eigenvalue weighted by Gasteiger charge is -2.09. The Morgan fingerprint density at radius 1 is 1.21 bits per heavy atom. The lowest BCUT2D eigenvalue weighted by atomic mass is 10.2. The SMILES string of the molecule is Cc1ccc(F)c(NC(=O)CCCNc2ccccc2[N+](=O)[O-])c1. The van der Waals surface area contributed by atoms with Crippen LogP contribution in [0.25, 0.3) is 0 Å². The van der Waals surface area contributed by atoms with Crippen molar-refractivity contribution in [1.82, 2.24) is 0 Å². The highest BCUT2D eigenvalue weighted by Crippen LogP contribution is 2.23. The standard InChI is InChI=1S/C17H18FN3O3/c1-12-8-9-13(18)15(11-12)20-17(22)7-4-10-19-14-5-2-3-6-16(14)21(23)24/h2-3,5-6,8-9,11,19H,4,7,10H2,1H3,(H,20,22). The van der Waals surface area contributed by atoms with Gasteiger partial charge < -0.3 is 10.6 Å². The molecule has 0 bridgehead atoms. The molecule has 0 fully saturated rings. The molecule has 2 aromatic rings. The molecular weight excluding hydrogens is 313 g/mol. The number of carbonyl (C=O) groups excluding carboxylic acids is 1. The summed E-state index contributed by atoms with van der Waals surface area (Å²) in [4.78, 5) is 22.3. The Hall–Kier alpha value is -2.96. The van der Waals surface area contributed by atoms with Crippen LogP contribution in [0.1, 0.15) is 18.4 Å². The van der Waals surface area contributed by atoms with Crippen molar-refractivity contribution in [2.45, 2.75) is 19.8 Å². The van der Waals surface area contributed by atoms with E-state index in [2.05, 4.69) is 10.6 Å². The third-order valence-corrected chi connectivity index (χ3v) is 3.39. The number of hydrogen-bond acceptors (Lipinski definition) is 4. The highest BCUT2D eigenvalue weighted by molar-refractivity contribution is 5.90. The lowest BCUT2D eigenvalue weighted by Crippen LogP contribution is -2.14. The molecule has 126 valence electrons. The molecule has 0 saturated carbocycles. The van der Waals surface area contributed by atoms with Gasteiger partial charge in [-0.2, -0.15) is 0 Å². The Labute approximate surface area is 138 Å². The van der Waals surface area contributed by atoms with Gasteiger partial charge >= 0.3 is 0 Å². The molecule has 6 nitrogen and oxygen atoms in total. The normalized spacial score (nSPS) is 10.2. The molecule has 0 aliphatic heterocycles. The first-order valence-electron chi connectivity index (χ1n) is 7.50. The molecule has 0 spiro atoms. The summed E-state index contributed by atoms with van der Waals surface area (Å²) >= 11 is 0. The first-order chi connectivity index (χ1) is 11.5. The fourth-order valence-corrected chi connectivity index (χ4v) is 2.20. The van der Waals surface area contributed by atoms with E-state index in [-0.39, 0.29) is 23.7 Å². The van der Waals surface area contributed by atoms with Gasteiger partial charge in [0.1, 0.15) is 11.5 Å². The minimum absolute atomic E-state index is 0.0104. The second-order valence-electron chi connectivity index (χ2n) is 5.34.